The normalized spacial score (nSPS) is 11.1. The molecule has 0 radical (unpaired) electrons. The van der Waals surface area contributed by atoms with E-state index in [2.05, 4.69) is 53.8 Å². The van der Waals surface area contributed by atoms with E-state index in [1.807, 2.05) is 0 Å². The Morgan fingerprint density at radius 2 is 1.38 bits per heavy atom. The number of hydrogen-bond donors (Lipinski definition) is 0. The van der Waals surface area contributed by atoms with E-state index in [4.69, 9.17) is 0 Å². The summed E-state index contributed by atoms with van der Waals surface area (Å²) >= 11 is 2.45. The van der Waals surface area contributed by atoms with Crippen LogP contribution in [0.1, 0.15) is 58.3 Å². The van der Waals surface area contributed by atoms with Gasteiger partial charge in [0.05, 0.1) is 0 Å². The largest absolute Gasteiger partial charge is 0.316 e. The van der Waals surface area contributed by atoms with Crippen LogP contribution < -0.4 is 0 Å². The van der Waals surface area contributed by atoms with Gasteiger partial charge in [0.2, 0.25) is 0 Å². The minimum Gasteiger partial charge on any atom is -0.0864 e. The average molecular weight is 347 g/mol. The molecule has 0 saturated heterocycles. The molecule has 0 aliphatic heterocycles. The van der Waals surface area contributed by atoms with E-state index in [0.717, 1.165) is 0 Å². The summed E-state index contributed by atoms with van der Waals surface area (Å²) in [5, 5.41) is 0. The number of unbranched alkanes of at least 4 members (excludes halogenated alkanes) is 6. The number of rotatable bonds is 10. The third-order valence-corrected chi connectivity index (χ3v) is 3.12. The van der Waals surface area contributed by atoms with Crippen LogP contribution in [-0.4, -0.2) is 27.5 Å². The molecule has 0 aromatic carbocycles. The zero-order chi connectivity index (χ0) is 11.2. The third-order valence-electron chi connectivity index (χ3n) is 2.36. The molecule has 0 aromatic rings. The molecule has 0 aromatic heterocycles. The van der Waals surface area contributed by atoms with E-state index in [1.54, 1.807) is 0 Å². The Hall–Kier alpha value is 0.976. The van der Waals surface area contributed by atoms with Crippen LogP contribution in [0.25, 0.3) is 0 Å². The maximum atomic E-state index is 2.45. The standard InChI is InChI=1S/C14H25I.Mg.2H/c1-2-3-4-5-6-7-8-9-10-11-12-13-14-15;;;/h5-8H,2-4,9-14H2,1H3;;;/b6-5-,8-7+;;;. The van der Waals surface area contributed by atoms with Gasteiger partial charge in [-0.05, 0) is 30.1 Å². The molecule has 0 bridgehead atoms. The number of hydrogen-bond acceptors (Lipinski definition) is 0. The van der Waals surface area contributed by atoms with Crippen LogP contribution >= 0.6 is 22.6 Å². The maximum absolute atomic E-state index is 2.45. The van der Waals surface area contributed by atoms with Gasteiger partial charge in [0.15, 0.2) is 0 Å². The van der Waals surface area contributed by atoms with Gasteiger partial charge in [-0.1, -0.05) is 79.5 Å². The second-order valence-corrected chi connectivity index (χ2v) is 4.97. The van der Waals surface area contributed by atoms with Crippen molar-refractivity contribution in [3.63, 3.8) is 0 Å². The summed E-state index contributed by atoms with van der Waals surface area (Å²) < 4.78 is 1.31. The van der Waals surface area contributed by atoms with E-state index >= 15 is 0 Å². The average Bonchev–Trinajstić information content (AvgIpc) is 2.26. The molecule has 0 unspecified atom stereocenters. The van der Waals surface area contributed by atoms with Gasteiger partial charge < -0.3 is 0 Å². The van der Waals surface area contributed by atoms with Crippen molar-refractivity contribution < 1.29 is 0 Å². The molecule has 0 rings (SSSR count). The molecular weight excluding hydrogens is 319 g/mol. The molecule has 0 heterocycles. The molecule has 0 aliphatic rings. The van der Waals surface area contributed by atoms with Crippen LogP contribution in [-0.2, 0) is 0 Å². The van der Waals surface area contributed by atoms with Gasteiger partial charge in [0.1, 0.15) is 0 Å². The lowest BCUT2D eigenvalue weighted by atomic mass is 10.1. The lowest BCUT2D eigenvalue weighted by molar-refractivity contribution is 0.681. The van der Waals surface area contributed by atoms with Gasteiger partial charge in [0.25, 0.3) is 0 Å². The molecule has 0 aliphatic carbocycles. The zero-order valence-electron chi connectivity index (χ0n) is 10.1. The highest BCUT2D eigenvalue weighted by molar-refractivity contribution is 14.1. The van der Waals surface area contributed by atoms with Gasteiger partial charge in [-0.3, -0.25) is 0 Å². The molecule has 92 valence electrons. The third kappa shape index (κ3) is 17.4. The Morgan fingerprint density at radius 1 is 0.812 bits per heavy atom. The Labute approximate surface area is 132 Å². The van der Waals surface area contributed by atoms with Gasteiger partial charge >= 0.3 is 23.1 Å². The van der Waals surface area contributed by atoms with E-state index in [9.17, 15) is 0 Å². The quantitative estimate of drug-likeness (QED) is 0.176. The van der Waals surface area contributed by atoms with Gasteiger partial charge in [-0.2, -0.15) is 0 Å². The van der Waals surface area contributed by atoms with Crippen LogP contribution in [0.15, 0.2) is 24.3 Å². The van der Waals surface area contributed by atoms with Gasteiger partial charge in [-0.15, -0.1) is 0 Å². The van der Waals surface area contributed by atoms with Crippen molar-refractivity contribution in [3.8, 4) is 0 Å². The maximum Gasteiger partial charge on any atom is 0.316 e. The summed E-state index contributed by atoms with van der Waals surface area (Å²) in [6, 6.07) is 0. The van der Waals surface area contributed by atoms with Crippen LogP contribution in [0.3, 0.4) is 0 Å². The lowest BCUT2D eigenvalue weighted by Crippen LogP contribution is -1.77. The minimum absolute atomic E-state index is 0. The van der Waals surface area contributed by atoms with Crippen LogP contribution in [0, 0.1) is 0 Å². The molecule has 0 nitrogen and oxygen atoms in total. The predicted molar refractivity (Wildman–Crippen MR) is 88.3 cm³/mol. The van der Waals surface area contributed by atoms with Crippen molar-refractivity contribution in [1.82, 2.24) is 0 Å². The molecule has 2 heteroatoms. The molecule has 0 saturated carbocycles. The minimum atomic E-state index is 0. The first-order valence-electron chi connectivity index (χ1n) is 6.29. The fourth-order valence-electron chi connectivity index (χ4n) is 1.38. The molecule has 0 N–H and O–H groups in total. The monoisotopic (exact) mass is 346 g/mol. The summed E-state index contributed by atoms with van der Waals surface area (Å²) in [6.45, 7) is 2.24. The van der Waals surface area contributed by atoms with Gasteiger partial charge in [-0.25, -0.2) is 0 Å². The second kappa shape index (κ2) is 18.3. The highest BCUT2D eigenvalue weighted by Gasteiger charge is 1.86. The summed E-state index contributed by atoms with van der Waals surface area (Å²) in [5.74, 6) is 0. The van der Waals surface area contributed by atoms with E-state index < -0.39 is 0 Å². The fraction of sp³-hybridized carbons (Fsp3) is 0.714. The van der Waals surface area contributed by atoms with Crippen molar-refractivity contribution in [2.45, 2.75) is 58.3 Å². The molecular formula is C14H27IMg. The van der Waals surface area contributed by atoms with E-state index in [-0.39, 0.29) is 23.1 Å². The molecule has 16 heavy (non-hydrogen) atoms. The summed E-state index contributed by atoms with van der Waals surface area (Å²) in [5.41, 5.74) is 0. The SMILES string of the molecule is CCCC/C=C\C=C\CCCCCCI.[MgH2]. The Morgan fingerprint density at radius 3 is 1.94 bits per heavy atom. The summed E-state index contributed by atoms with van der Waals surface area (Å²) in [6.07, 6.45) is 19.6. The first kappa shape index (κ1) is 19.3. The zero-order valence-corrected chi connectivity index (χ0v) is 12.2. The van der Waals surface area contributed by atoms with Crippen molar-refractivity contribution in [3.05, 3.63) is 24.3 Å². The smallest absolute Gasteiger partial charge is 0.0864 e. The van der Waals surface area contributed by atoms with Crippen molar-refractivity contribution in [1.29, 1.82) is 0 Å². The second-order valence-electron chi connectivity index (χ2n) is 3.89. The molecule has 0 fully saturated rings. The lowest BCUT2D eigenvalue weighted by Gasteiger charge is -1.94. The van der Waals surface area contributed by atoms with Crippen LogP contribution in [0.5, 0.6) is 0 Å². The van der Waals surface area contributed by atoms with Crippen LogP contribution in [0.4, 0.5) is 0 Å². The Bertz CT molecular complexity index is 164. The number of halogens is 1. The van der Waals surface area contributed by atoms with Crippen LogP contribution in [0.2, 0.25) is 0 Å². The summed E-state index contributed by atoms with van der Waals surface area (Å²) in [7, 11) is 0. The topological polar surface area (TPSA) is 0 Å². The molecule has 0 atom stereocenters. The molecule has 0 spiro atoms. The predicted octanol–water partition coefficient (Wildman–Crippen LogP) is 4.76. The van der Waals surface area contributed by atoms with E-state index in [0.29, 0.717) is 0 Å². The van der Waals surface area contributed by atoms with Crippen molar-refractivity contribution >= 4 is 45.6 Å². The molecule has 0 amide bonds. The van der Waals surface area contributed by atoms with Crippen molar-refractivity contribution in [2.75, 3.05) is 4.43 Å². The van der Waals surface area contributed by atoms with Crippen molar-refractivity contribution in [2.24, 2.45) is 0 Å². The fourth-order valence-corrected chi connectivity index (χ4v) is 1.92. The van der Waals surface area contributed by atoms with E-state index in [1.165, 1.54) is 55.8 Å². The number of allylic oxidation sites excluding steroid dienone is 4. The Kier molecular flexibility index (Phi) is 22.1. The first-order valence-corrected chi connectivity index (χ1v) is 7.82. The first-order chi connectivity index (χ1) is 7.41. The highest BCUT2D eigenvalue weighted by atomic mass is 127. The summed E-state index contributed by atoms with van der Waals surface area (Å²) in [4.78, 5) is 0. The number of alkyl halides is 1. The van der Waals surface area contributed by atoms with Gasteiger partial charge in [0, 0.05) is 0 Å². The Balaban J connectivity index is 0. The highest BCUT2D eigenvalue weighted by Crippen LogP contribution is 2.05.